The van der Waals surface area contributed by atoms with Gasteiger partial charge in [-0.2, -0.15) is 0 Å². The van der Waals surface area contributed by atoms with E-state index in [-0.39, 0.29) is 11.5 Å². The van der Waals surface area contributed by atoms with Crippen LogP contribution in [0.25, 0.3) is 22.4 Å². The molecule has 1 amide bonds. The number of aromatic nitrogens is 2. The van der Waals surface area contributed by atoms with Crippen LogP contribution >= 0.6 is 11.6 Å². The summed E-state index contributed by atoms with van der Waals surface area (Å²) in [5.74, 6) is 0.385. The minimum Gasteiger partial charge on any atom is -0.487 e. The normalized spacial score (nSPS) is 15.8. The van der Waals surface area contributed by atoms with Crippen LogP contribution < -0.4 is 15.4 Å². The maximum absolute atomic E-state index is 14.6. The van der Waals surface area contributed by atoms with Crippen molar-refractivity contribution in [3.8, 4) is 28.1 Å². The van der Waals surface area contributed by atoms with Gasteiger partial charge in [0.25, 0.3) is 0 Å². The Morgan fingerprint density at radius 2 is 2.00 bits per heavy atom. The summed E-state index contributed by atoms with van der Waals surface area (Å²) in [6, 6.07) is 7.91. The fourth-order valence-electron chi connectivity index (χ4n) is 4.15. The van der Waals surface area contributed by atoms with Gasteiger partial charge in [0.1, 0.15) is 12.4 Å². The fourth-order valence-corrected chi connectivity index (χ4v) is 4.32. The average molecular weight is 509 g/mol. The summed E-state index contributed by atoms with van der Waals surface area (Å²) >= 11 is 6.12. The number of fused-ring (bicyclic) bond motifs is 1. The van der Waals surface area contributed by atoms with Crippen molar-refractivity contribution < 1.29 is 13.9 Å². The van der Waals surface area contributed by atoms with Crippen molar-refractivity contribution in [3.63, 3.8) is 0 Å². The van der Waals surface area contributed by atoms with Crippen LogP contribution in [0.15, 0.2) is 55.0 Å². The maximum atomic E-state index is 14.6. The predicted octanol–water partition coefficient (Wildman–Crippen LogP) is 4.11. The molecule has 3 aromatic rings. The van der Waals surface area contributed by atoms with Gasteiger partial charge in [0.2, 0.25) is 5.91 Å². The topological polar surface area (TPSA) is 82.6 Å². The number of nitrogens with one attached hydrogen (secondary N) is 2. The first-order chi connectivity index (χ1) is 17.5. The van der Waals surface area contributed by atoms with Crippen LogP contribution in [0.2, 0.25) is 5.02 Å². The first kappa shape index (κ1) is 24.0. The molecule has 1 aromatic carbocycles. The Kier molecular flexibility index (Phi) is 7.02. The largest absolute Gasteiger partial charge is 0.487 e. The SMILES string of the molecule is CN1CCN(C=CC(=O)Nc2cncc(-c3cc(-c4cc(Cl)ccc4F)nc4c3OCCN4)c2)CC1. The van der Waals surface area contributed by atoms with E-state index in [1.54, 1.807) is 30.6 Å². The van der Waals surface area contributed by atoms with Crippen molar-refractivity contribution in [2.24, 2.45) is 0 Å². The Morgan fingerprint density at radius 1 is 1.17 bits per heavy atom. The van der Waals surface area contributed by atoms with Gasteiger partial charge in [0.05, 0.1) is 24.1 Å². The number of ether oxygens (including phenoxy) is 1. The number of carbonyl (C=O) groups excluding carboxylic acids is 1. The third kappa shape index (κ3) is 5.42. The Hall–Kier alpha value is -3.69. The number of halogens is 2. The summed E-state index contributed by atoms with van der Waals surface area (Å²) in [5.41, 5.74) is 2.60. The van der Waals surface area contributed by atoms with E-state index in [2.05, 4.69) is 37.4 Å². The number of amides is 1. The van der Waals surface area contributed by atoms with E-state index >= 15 is 0 Å². The van der Waals surface area contributed by atoms with E-state index < -0.39 is 5.82 Å². The Labute approximate surface area is 213 Å². The van der Waals surface area contributed by atoms with Crippen LogP contribution in [0.5, 0.6) is 5.75 Å². The highest BCUT2D eigenvalue weighted by molar-refractivity contribution is 6.30. The highest BCUT2D eigenvalue weighted by atomic mass is 35.5. The molecule has 186 valence electrons. The van der Waals surface area contributed by atoms with Crippen molar-refractivity contribution in [1.82, 2.24) is 19.8 Å². The smallest absolute Gasteiger partial charge is 0.249 e. The first-order valence-electron chi connectivity index (χ1n) is 11.7. The van der Waals surface area contributed by atoms with E-state index in [9.17, 15) is 9.18 Å². The number of carbonyl (C=O) groups is 1. The van der Waals surface area contributed by atoms with Crippen LogP contribution in [0, 0.1) is 5.82 Å². The van der Waals surface area contributed by atoms with Gasteiger partial charge in [-0.25, -0.2) is 9.37 Å². The van der Waals surface area contributed by atoms with Gasteiger partial charge in [-0.05, 0) is 37.4 Å². The summed E-state index contributed by atoms with van der Waals surface area (Å²) in [5, 5.41) is 6.49. The summed E-state index contributed by atoms with van der Waals surface area (Å²) in [4.78, 5) is 25.8. The van der Waals surface area contributed by atoms with E-state index in [1.165, 1.54) is 18.2 Å². The number of hydrogen-bond donors (Lipinski definition) is 2. The molecule has 1 saturated heterocycles. The minimum atomic E-state index is -0.430. The number of benzene rings is 1. The van der Waals surface area contributed by atoms with Gasteiger partial charge in [0.15, 0.2) is 11.6 Å². The molecule has 0 aliphatic carbocycles. The van der Waals surface area contributed by atoms with Crippen molar-refractivity contribution in [1.29, 1.82) is 0 Å². The van der Waals surface area contributed by atoms with Crippen molar-refractivity contribution in [3.05, 3.63) is 65.8 Å². The zero-order valence-corrected chi connectivity index (χ0v) is 20.6. The summed E-state index contributed by atoms with van der Waals surface area (Å²) in [7, 11) is 2.09. The molecule has 0 radical (unpaired) electrons. The van der Waals surface area contributed by atoms with Crippen LogP contribution in [-0.2, 0) is 4.79 Å². The molecule has 36 heavy (non-hydrogen) atoms. The molecule has 8 nitrogen and oxygen atoms in total. The van der Waals surface area contributed by atoms with Gasteiger partial charge < -0.3 is 25.2 Å². The van der Waals surface area contributed by atoms with Gasteiger partial charge in [-0.3, -0.25) is 9.78 Å². The third-order valence-corrected chi connectivity index (χ3v) is 6.34. The lowest BCUT2D eigenvalue weighted by atomic mass is 10.0. The van der Waals surface area contributed by atoms with E-state index in [0.717, 1.165) is 26.2 Å². The van der Waals surface area contributed by atoms with E-state index in [4.69, 9.17) is 16.3 Å². The molecular formula is C26H26ClFN6O2. The van der Waals surface area contributed by atoms with Crippen molar-refractivity contribution >= 4 is 29.0 Å². The number of rotatable bonds is 5. The standard InChI is InChI=1S/C26H26ClFN6O2/c1-33-7-9-34(10-8-33)6-4-24(35)31-19-12-17(15-29-16-19)20-14-23(21-13-18(27)2-3-22(21)28)32-26-25(20)36-11-5-30-26/h2-4,6,12-16H,5,7-11H2,1H3,(H,30,32)(H,31,35). The molecule has 2 aliphatic heterocycles. The van der Waals surface area contributed by atoms with Crippen LogP contribution in [0.4, 0.5) is 15.9 Å². The third-order valence-electron chi connectivity index (χ3n) is 6.11. The average Bonchev–Trinajstić information content (AvgIpc) is 2.89. The van der Waals surface area contributed by atoms with Gasteiger partial charge in [-0.15, -0.1) is 0 Å². The fraction of sp³-hybridized carbons (Fsp3) is 0.269. The maximum Gasteiger partial charge on any atom is 0.249 e. The molecule has 0 atom stereocenters. The molecule has 2 N–H and O–H groups in total. The van der Waals surface area contributed by atoms with Crippen molar-refractivity contribution in [2.45, 2.75) is 0 Å². The van der Waals surface area contributed by atoms with Crippen LogP contribution in [-0.4, -0.2) is 72.1 Å². The predicted molar refractivity (Wildman–Crippen MR) is 139 cm³/mol. The quantitative estimate of drug-likeness (QED) is 0.502. The zero-order chi connectivity index (χ0) is 25.1. The Morgan fingerprint density at radius 3 is 2.83 bits per heavy atom. The Balaban J connectivity index is 1.42. The lowest BCUT2D eigenvalue weighted by Crippen LogP contribution is -2.41. The van der Waals surface area contributed by atoms with E-state index in [1.807, 2.05) is 6.20 Å². The van der Waals surface area contributed by atoms with E-state index in [0.29, 0.717) is 52.2 Å². The highest BCUT2D eigenvalue weighted by Crippen LogP contribution is 2.41. The minimum absolute atomic E-state index is 0.246. The molecule has 1 fully saturated rings. The molecule has 0 spiro atoms. The second-order valence-electron chi connectivity index (χ2n) is 8.74. The molecule has 0 unspecified atom stereocenters. The number of anilines is 2. The molecule has 4 heterocycles. The lowest BCUT2D eigenvalue weighted by Gasteiger charge is -2.31. The lowest BCUT2D eigenvalue weighted by molar-refractivity contribution is -0.112. The number of likely N-dealkylation sites (N-methyl/N-ethyl adjacent to an activating group) is 1. The number of hydrogen-bond acceptors (Lipinski definition) is 7. The molecule has 5 rings (SSSR count). The molecule has 0 bridgehead atoms. The number of piperazine rings is 1. The van der Waals surface area contributed by atoms with Crippen molar-refractivity contribution in [2.75, 3.05) is 57.0 Å². The monoisotopic (exact) mass is 508 g/mol. The first-order valence-corrected chi connectivity index (χ1v) is 12.1. The molecule has 2 aliphatic rings. The summed E-state index contributed by atoms with van der Waals surface area (Å²) < 4.78 is 20.5. The van der Waals surface area contributed by atoms with Gasteiger partial charge in [-0.1, -0.05) is 11.6 Å². The molecule has 2 aromatic heterocycles. The number of nitrogens with zero attached hydrogens (tertiary/aromatic N) is 4. The summed E-state index contributed by atoms with van der Waals surface area (Å²) in [6.07, 6.45) is 6.60. The van der Waals surface area contributed by atoms with Crippen LogP contribution in [0.1, 0.15) is 0 Å². The van der Waals surface area contributed by atoms with Gasteiger partial charge in [0, 0.05) is 66.4 Å². The highest BCUT2D eigenvalue weighted by Gasteiger charge is 2.21. The second-order valence-corrected chi connectivity index (χ2v) is 9.18. The number of pyridine rings is 2. The molecule has 0 saturated carbocycles. The van der Waals surface area contributed by atoms with Gasteiger partial charge >= 0.3 is 0 Å². The molecule has 10 heteroatoms. The Bertz CT molecular complexity index is 1310. The zero-order valence-electron chi connectivity index (χ0n) is 19.8. The second kappa shape index (κ2) is 10.5. The molecular weight excluding hydrogens is 483 g/mol. The van der Waals surface area contributed by atoms with Crippen LogP contribution in [0.3, 0.4) is 0 Å². The summed E-state index contributed by atoms with van der Waals surface area (Å²) in [6.45, 7) is 4.74.